The number of fused-ring (bicyclic) bond motifs is 1. The van der Waals surface area contributed by atoms with Gasteiger partial charge in [-0.15, -0.1) is 0 Å². The molecule has 0 fully saturated rings. The maximum absolute atomic E-state index is 11.5. The normalized spacial score (nSPS) is 11.7. The van der Waals surface area contributed by atoms with Crippen molar-refractivity contribution < 1.29 is 4.42 Å². The van der Waals surface area contributed by atoms with Gasteiger partial charge in [-0.1, -0.05) is 35.4 Å². The van der Waals surface area contributed by atoms with Gasteiger partial charge in [0, 0.05) is 17.0 Å². The second-order valence-electron chi connectivity index (χ2n) is 6.11. The molecule has 2 aromatic rings. The molecular weight excluding hydrogens is 272 g/mol. The minimum absolute atomic E-state index is 0.288. The van der Waals surface area contributed by atoms with Crippen LogP contribution >= 0.6 is 0 Å². The van der Waals surface area contributed by atoms with Gasteiger partial charge in [-0.25, -0.2) is 4.79 Å². The lowest BCUT2D eigenvalue weighted by Crippen LogP contribution is -1.98. The first-order chi connectivity index (χ1) is 10.5. The molecule has 2 rings (SSSR count). The maximum Gasteiger partial charge on any atom is 0.336 e. The average Bonchev–Trinajstić information content (AvgIpc) is 2.45. The summed E-state index contributed by atoms with van der Waals surface area (Å²) in [6, 6.07) is 7.39. The number of rotatable bonds is 5. The van der Waals surface area contributed by atoms with Crippen molar-refractivity contribution >= 4 is 11.0 Å². The van der Waals surface area contributed by atoms with Crippen LogP contribution in [-0.2, 0) is 6.42 Å². The number of hydrogen-bond donors (Lipinski definition) is 0. The third kappa shape index (κ3) is 4.20. The Labute approximate surface area is 132 Å². The summed E-state index contributed by atoms with van der Waals surface area (Å²) in [6.45, 7) is 8.48. The Balaban J connectivity index is 2.24. The van der Waals surface area contributed by atoms with E-state index in [1.165, 1.54) is 17.2 Å². The van der Waals surface area contributed by atoms with E-state index in [9.17, 15) is 4.79 Å². The molecule has 0 radical (unpaired) electrons. The lowest BCUT2D eigenvalue weighted by Gasteiger charge is -2.07. The molecular formula is C20H24O2. The lowest BCUT2D eigenvalue weighted by molar-refractivity contribution is 0.557. The maximum atomic E-state index is 11.5. The molecule has 0 saturated carbocycles. The van der Waals surface area contributed by atoms with E-state index in [4.69, 9.17) is 4.42 Å². The Morgan fingerprint density at radius 3 is 2.55 bits per heavy atom. The van der Waals surface area contributed by atoms with Crippen LogP contribution in [0.4, 0.5) is 0 Å². The Bertz CT molecular complexity index is 772. The van der Waals surface area contributed by atoms with Crippen LogP contribution in [0.2, 0.25) is 0 Å². The summed E-state index contributed by atoms with van der Waals surface area (Å²) in [5, 5.41) is 0.982. The van der Waals surface area contributed by atoms with E-state index in [0.717, 1.165) is 41.4 Å². The van der Waals surface area contributed by atoms with Crippen molar-refractivity contribution in [3.05, 3.63) is 69.1 Å². The fourth-order valence-electron chi connectivity index (χ4n) is 2.51. The van der Waals surface area contributed by atoms with E-state index in [0.29, 0.717) is 0 Å². The molecule has 22 heavy (non-hydrogen) atoms. The largest absolute Gasteiger partial charge is 0.422 e. The smallest absolute Gasteiger partial charge is 0.336 e. The number of benzene rings is 1. The van der Waals surface area contributed by atoms with E-state index in [1.54, 1.807) is 0 Å². The Hall–Kier alpha value is -2.09. The van der Waals surface area contributed by atoms with Gasteiger partial charge >= 0.3 is 5.63 Å². The Kier molecular flexibility index (Phi) is 5.37. The molecule has 1 aromatic heterocycles. The van der Waals surface area contributed by atoms with Crippen LogP contribution in [0.25, 0.3) is 11.0 Å². The summed E-state index contributed by atoms with van der Waals surface area (Å²) in [5.74, 6) is 0. The topological polar surface area (TPSA) is 30.2 Å². The SMILES string of the molecule is CC(C)=CCC/C(C)=C\Cc1c(C)ccc2ccc(=O)oc12. The summed E-state index contributed by atoms with van der Waals surface area (Å²) >= 11 is 0. The van der Waals surface area contributed by atoms with Gasteiger partial charge in [-0.2, -0.15) is 0 Å². The van der Waals surface area contributed by atoms with Crippen LogP contribution in [0.5, 0.6) is 0 Å². The van der Waals surface area contributed by atoms with Crippen molar-refractivity contribution in [2.24, 2.45) is 0 Å². The lowest BCUT2D eigenvalue weighted by atomic mass is 10.00. The van der Waals surface area contributed by atoms with Gasteiger partial charge in [0.1, 0.15) is 5.58 Å². The van der Waals surface area contributed by atoms with Crippen molar-refractivity contribution in [3.63, 3.8) is 0 Å². The van der Waals surface area contributed by atoms with Gasteiger partial charge in [0.05, 0.1) is 0 Å². The second-order valence-corrected chi connectivity index (χ2v) is 6.11. The fourth-order valence-corrected chi connectivity index (χ4v) is 2.51. The molecule has 0 atom stereocenters. The van der Waals surface area contributed by atoms with E-state index >= 15 is 0 Å². The molecule has 0 saturated heterocycles. The van der Waals surface area contributed by atoms with Crippen LogP contribution in [0.15, 0.2) is 56.8 Å². The number of hydrogen-bond acceptors (Lipinski definition) is 2. The standard InChI is InChI=1S/C20H24O2/c1-14(2)6-5-7-15(3)8-12-18-16(4)9-10-17-11-13-19(21)22-20(17)18/h6,8-11,13H,5,7,12H2,1-4H3/b15-8-. The van der Waals surface area contributed by atoms with Crippen LogP contribution < -0.4 is 5.63 Å². The quantitative estimate of drug-likeness (QED) is 0.551. The van der Waals surface area contributed by atoms with Crippen LogP contribution in [-0.4, -0.2) is 0 Å². The van der Waals surface area contributed by atoms with Crippen LogP contribution in [0, 0.1) is 6.92 Å². The summed E-state index contributed by atoms with van der Waals surface area (Å²) in [4.78, 5) is 11.5. The third-order valence-corrected chi connectivity index (χ3v) is 3.87. The third-order valence-electron chi connectivity index (χ3n) is 3.87. The molecule has 2 nitrogen and oxygen atoms in total. The number of aryl methyl sites for hydroxylation is 1. The highest BCUT2D eigenvalue weighted by molar-refractivity contribution is 5.81. The van der Waals surface area contributed by atoms with Crippen molar-refractivity contribution in [2.45, 2.75) is 47.0 Å². The summed E-state index contributed by atoms with van der Waals surface area (Å²) < 4.78 is 5.42. The molecule has 0 aliphatic carbocycles. The molecule has 0 aliphatic heterocycles. The van der Waals surface area contributed by atoms with Gasteiger partial charge in [0.15, 0.2) is 0 Å². The number of allylic oxidation sites excluding steroid dienone is 4. The molecule has 0 spiro atoms. The first-order valence-corrected chi connectivity index (χ1v) is 7.78. The van der Waals surface area contributed by atoms with Gasteiger partial charge in [0.25, 0.3) is 0 Å². The minimum Gasteiger partial charge on any atom is -0.422 e. The summed E-state index contributed by atoms with van der Waals surface area (Å²) in [6.07, 6.45) is 7.46. The van der Waals surface area contributed by atoms with Gasteiger partial charge in [-0.05, 0) is 58.6 Å². The first kappa shape index (κ1) is 16.3. The first-order valence-electron chi connectivity index (χ1n) is 7.78. The van der Waals surface area contributed by atoms with Crippen LogP contribution in [0.1, 0.15) is 44.7 Å². The minimum atomic E-state index is -0.288. The molecule has 1 heterocycles. The van der Waals surface area contributed by atoms with Crippen molar-refractivity contribution in [3.8, 4) is 0 Å². The molecule has 0 N–H and O–H groups in total. The highest BCUT2D eigenvalue weighted by atomic mass is 16.4. The Morgan fingerprint density at radius 2 is 1.82 bits per heavy atom. The van der Waals surface area contributed by atoms with E-state index < -0.39 is 0 Å². The molecule has 0 aliphatic rings. The van der Waals surface area contributed by atoms with Crippen molar-refractivity contribution in [2.75, 3.05) is 0 Å². The van der Waals surface area contributed by atoms with E-state index in [-0.39, 0.29) is 5.63 Å². The second kappa shape index (κ2) is 7.26. The van der Waals surface area contributed by atoms with Crippen LogP contribution in [0.3, 0.4) is 0 Å². The highest BCUT2D eigenvalue weighted by Gasteiger charge is 2.07. The molecule has 116 valence electrons. The zero-order valence-corrected chi connectivity index (χ0v) is 13.9. The summed E-state index contributed by atoms with van der Waals surface area (Å²) in [7, 11) is 0. The predicted molar refractivity (Wildman–Crippen MR) is 93.3 cm³/mol. The molecule has 0 unspecified atom stereocenters. The summed E-state index contributed by atoms with van der Waals surface area (Å²) in [5.41, 5.74) is 5.43. The average molecular weight is 296 g/mol. The van der Waals surface area contributed by atoms with Gasteiger partial charge < -0.3 is 4.42 Å². The molecule has 1 aromatic carbocycles. The van der Waals surface area contributed by atoms with Crippen molar-refractivity contribution in [1.82, 2.24) is 0 Å². The molecule has 0 bridgehead atoms. The van der Waals surface area contributed by atoms with E-state index in [1.807, 2.05) is 12.1 Å². The molecule has 0 amide bonds. The monoisotopic (exact) mass is 296 g/mol. The predicted octanol–water partition coefficient (Wildman–Crippen LogP) is 5.34. The Morgan fingerprint density at radius 1 is 1.09 bits per heavy atom. The zero-order chi connectivity index (χ0) is 16.1. The van der Waals surface area contributed by atoms with Gasteiger partial charge in [0.2, 0.25) is 0 Å². The zero-order valence-electron chi connectivity index (χ0n) is 13.9. The fraction of sp³-hybridized carbons (Fsp3) is 0.350. The van der Waals surface area contributed by atoms with E-state index in [2.05, 4.69) is 45.9 Å². The molecule has 2 heteroatoms. The van der Waals surface area contributed by atoms with Gasteiger partial charge in [-0.3, -0.25) is 0 Å². The highest BCUT2D eigenvalue weighted by Crippen LogP contribution is 2.22. The van der Waals surface area contributed by atoms with Crippen molar-refractivity contribution in [1.29, 1.82) is 0 Å².